The van der Waals surface area contributed by atoms with Crippen molar-refractivity contribution in [3.05, 3.63) is 17.7 Å². The minimum absolute atomic E-state index is 0.701. The van der Waals surface area contributed by atoms with Crippen molar-refractivity contribution in [2.45, 2.75) is 50.4 Å². The summed E-state index contributed by atoms with van der Waals surface area (Å²) in [5, 5.41) is 4.51. The van der Waals surface area contributed by atoms with Gasteiger partial charge in [0.1, 0.15) is 5.82 Å². The molecule has 0 aromatic carbocycles. The van der Waals surface area contributed by atoms with Crippen molar-refractivity contribution >= 4 is 11.8 Å². The highest BCUT2D eigenvalue weighted by atomic mass is 32.2. The van der Waals surface area contributed by atoms with Crippen LogP contribution in [0.2, 0.25) is 0 Å². The van der Waals surface area contributed by atoms with Gasteiger partial charge in [0.05, 0.1) is 0 Å². The van der Waals surface area contributed by atoms with Crippen LogP contribution in [0.5, 0.6) is 0 Å². The molecule has 2 N–H and O–H groups in total. The second-order valence-electron chi connectivity index (χ2n) is 4.58. The molecule has 0 atom stereocenters. The Labute approximate surface area is 102 Å². The van der Waals surface area contributed by atoms with Crippen molar-refractivity contribution in [2.24, 2.45) is 0 Å². The Morgan fingerprint density at radius 2 is 2.19 bits per heavy atom. The van der Waals surface area contributed by atoms with E-state index in [0.717, 1.165) is 17.6 Å². The molecule has 0 aliphatic heterocycles. The van der Waals surface area contributed by atoms with Gasteiger partial charge in [-0.2, -0.15) is 11.8 Å². The summed E-state index contributed by atoms with van der Waals surface area (Å²) in [6.07, 6.45) is 9.51. The Morgan fingerprint density at radius 3 is 2.75 bits per heavy atom. The molecular formula is C12H21N3S. The van der Waals surface area contributed by atoms with E-state index in [1.807, 2.05) is 24.9 Å². The first-order chi connectivity index (χ1) is 7.78. The minimum Gasteiger partial charge on any atom is -0.345 e. The van der Waals surface area contributed by atoms with Crippen molar-refractivity contribution in [2.75, 3.05) is 6.26 Å². The van der Waals surface area contributed by atoms with Crippen molar-refractivity contribution in [1.29, 1.82) is 0 Å². The van der Waals surface area contributed by atoms with E-state index in [0.29, 0.717) is 6.04 Å². The topological polar surface area (TPSA) is 40.7 Å². The number of aromatic nitrogens is 2. The highest BCUT2D eigenvalue weighted by Gasteiger charge is 2.19. The lowest BCUT2D eigenvalue weighted by Crippen LogP contribution is -2.33. The monoisotopic (exact) mass is 239 g/mol. The van der Waals surface area contributed by atoms with E-state index in [1.54, 1.807) is 0 Å². The van der Waals surface area contributed by atoms with E-state index in [9.17, 15) is 0 Å². The van der Waals surface area contributed by atoms with Crippen molar-refractivity contribution in [1.82, 2.24) is 15.3 Å². The van der Waals surface area contributed by atoms with E-state index in [4.69, 9.17) is 0 Å². The zero-order chi connectivity index (χ0) is 11.4. The lowest BCUT2D eigenvalue weighted by molar-refractivity contribution is 0.377. The predicted molar refractivity (Wildman–Crippen MR) is 69.7 cm³/mol. The largest absolute Gasteiger partial charge is 0.345 e. The van der Waals surface area contributed by atoms with Gasteiger partial charge in [-0.1, -0.05) is 0 Å². The van der Waals surface area contributed by atoms with Crippen LogP contribution >= 0.6 is 11.8 Å². The smallest absolute Gasteiger partial charge is 0.103 e. The standard InChI is InChI=1S/C12H21N3S/c1-9-13-7-11(15-9)8-14-10-3-5-12(16-2)6-4-10/h7,10,12,14H,3-6,8H2,1-2H3,(H,13,15). The van der Waals surface area contributed by atoms with Gasteiger partial charge in [0.15, 0.2) is 0 Å². The number of hydrogen-bond acceptors (Lipinski definition) is 3. The predicted octanol–water partition coefficient (Wildman–Crippen LogP) is 2.48. The average Bonchev–Trinajstić information content (AvgIpc) is 2.73. The lowest BCUT2D eigenvalue weighted by Gasteiger charge is -2.27. The van der Waals surface area contributed by atoms with Gasteiger partial charge in [-0.05, 0) is 38.9 Å². The molecule has 0 spiro atoms. The molecule has 0 unspecified atom stereocenters. The van der Waals surface area contributed by atoms with Gasteiger partial charge in [-0.3, -0.25) is 0 Å². The van der Waals surface area contributed by atoms with Crippen LogP contribution in [-0.2, 0) is 6.54 Å². The second-order valence-corrected chi connectivity index (χ2v) is 5.72. The molecule has 90 valence electrons. The third kappa shape index (κ3) is 3.25. The fourth-order valence-electron chi connectivity index (χ4n) is 2.32. The molecule has 2 rings (SSSR count). The van der Waals surface area contributed by atoms with Crippen molar-refractivity contribution < 1.29 is 0 Å². The molecule has 3 nitrogen and oxygen atoms in total. The van der Waals surface area contributed by atoms with Gasteiger partial charge in [0.2, 0.25) is 0 Å². The van der Waals surface area contributed by atoms with Crippen LogP contribution < -0.4 is 5.32 Å². The SMILES string of the molecule is CSC1CCC(NCc2cnc(C)[nH]2)CC1. The number of nitrogens with zero attached hydrogens (tertiary/aromatic N) is 1. The molecule has 1 aromatic heterocycles. The first-order valence-electron chi connectivity index (χ1n) is 6.04. The third-order valence-corrected chi connectivity index (χ3v) is 4.48. The quantitative estimate of drug-likeness (QED) is 0.848. The van der Waals surface area contributed by atoms with Crippen LogP contribution in [0.1, 0.15) is 37.2 Å². The van der Waals surface area contributed by atoms with Crippen LogP contribution in [0.25, 0.3) is 0 Å². The zero-order valence-electron chi connectivity index (χ0n) is 10.1. The van der Waals surface area contributed by atoms with Gasteiger partial charge in [-0.15, -0.1) is 0 Å². The number of aryl methyl sites for hydroxylation is 1. The minimum atomic E-state index is 0.701. The molecule has 0 amide bonds. The van der Waals surface area contributed by atoms with Crippen LogP contribution in [0.4, 0.5) is 0 Å². The van der Waals surface area contributed by atoms with E-state index in [2.05, 4.69) is 21.5 Å². The van der Waals surface area contributed by atoms with Gasteiger partial charge >= 0.3 is 0 Å². The summed E-state index contributed by atoms with van der Waals surface area (Å²) in [5.74, 6) is 1.00. The molecule has 1 saturated carbocycles. The molecule has 1 aliphatic rings. The van der Waals surface area contributed by atoms with Gasteiger partial charge < -0.3 is 10.3 Å². The fraction of sp³-hybridized carbons (Fsp3) is 0.750. The number of rotatable bonds is 4. The number of thioether (sulfide) groups is 1. The van der Waals surface area contributed by atoms with Gasteiger partial charge in [0.25, 0.3) is 0 Å². The van der Waals surface area contributed by atoms with Crippen LogP contribution in [0.15, 0.2) is 6.20 Å². The van der Waals surface area contributed by atoms with E-state index in [-0.39, 0.29) is 0 Å². The Hall–Kier alpha value is -0.480. The van der Waals surface area contributed by atoms with Gasteiger partial charge in [-0.25, -0.2) is 4.98 Å². The maximum atomic E-state index is 4.21. The van der Waals surface area contributed by atoms with Crippen molar-refractivity contribution in [3.63, 3.8) is 0 Å². The molecule has 1 aliphatic carbocycles. The normalized spacial score (nSPS) is 25.9. The first-order valence-corrected chi connectivity index (χ1v) is 7.33. The second kappa shape index (κ2) is 5.73. The molecule has 1 heterocycles. The van der Waals surface area contributed by atoms with Crippen LogP contribution in [0, 0.1) is 6.92 Å². The van der Waals surface area contributed by atoms with E-state index >= 15 is 0 Å². The molecule has 0 bridgehead atoms. The molecular weight excluding hydrogens is 218 g/mol. The van der Waals surface area contributed by atoms with E-state index < -0.39 is 0 Å². The van der Waals surface area contributed by atoms with E-state index in [1.165, 1.54) is 31.4 Å². The molecule has 16 heavy (non-hydrogen) atoms. The molecule has 4 heteroatoms. The summed E-state index contributed by atoms with van der Waals surface area (Å²) in [5.41, 5.74) is 1.20. The first kappa shape index (κ1) is 12.0. The zero-order valence-corrected chi connectivity index (χ0v) is 10.9. The number of imidazole rings is 1. The Bertz CT molecular complexity index is 316. The molecule has 0 radical (unpaired) electrons. The summed E-state index contributed by atoms with van der Waals surface area (Å²) in [7, 11) is 0. The van der Waals surface area contributed by atoms with Crippen molar-refractivity contribution in [3.8, 4) is 0 Å². The molecule has 0 saturated heterocycles. The maximum absolute atomic E-state index is 4.21. The number of H-pyrrole nitrogens is 1. The summed E-state index contributed by atoms with van der Waals surface area (Å²) in [6, 6.07) is 0.701. The highest BCUT2D eigenvalue weighted by Crippen LogP contribution is 2.26. The fourth-order valence-corrected chi connectivity index (χ4v) is 3.06. The number of aromatic amines is 1. The Morgan fingerprint density at radius 1 is 1.44 bits per heavy atom. The van der Waals surface area contributed by atoms with Gasteiger partial charge in [0, 0.05) is 29.7 Å². The Kier molecular flexibility index (Phi) is 4.29. The maximum Gasteiger partial charge on any atom is 0.103 e. The summed E-state index contributed by atoms with van der Waals surface area (Å²) in [4.78, 5) is 7.46. The average molecular weight is 239 g/mol. The number of hydrogen-bond donors (Lipinski definition) is 2. The highest BCUT2D eigenvalue weighted by molar-refractivity contribution is 7.99. The summed E-state index contributed by atoms with van der Waals surface area (Å²) in [6.45, 7) is 2.92. The molecule has 1 fully saturated rings. The summed E-state index contributed by atoms with van der Waals surface area (Å²) < 4.78 is 0. The van der Waals surface area contributed by atoms with Crippen LogP contribution in [0.3, 0.4) is 0 Å². The third-order valence-electron chi connectivity index (χ3n) is 3.34. The van der Waals surface area contributed by atoms with Crippen LogP contribution in [-0.4, -0.2) is 27.5 Å². The summed E-state index contributed by atoms with van der Waals surface area (Å²) >= 11 is 2.02. The number of nitrogens with one attached hydrogen (secondary N) is 2. The molecule has 1 aromatic rings. The Balaban J connectivity index is 1.71. The lowest BCUT2D eigenvalue weighted by atomic mass is 9.95.